The molecule has 5 nitrogen and oxygen atoms in total. The van der Waals surface area contributed by atoms with E-state index in [-0.39, 0.29) is 5.70 Å². The Kier molecular flexibility index (Phi) is 3.98. The molecule has 2 amide bonds. The van der Waals surface area contributed by atoms with Crippen LogP contribution < -0.4 is 0 Å². The molecule has 0 spiro atoms. The highest BCUT2D eigenvalue weighted by molar-refractivity contribution is 6.24. The topological polar surface area (TPSA) is 63.7 Å². The van der Waals surface area contributed by atoms with Gasteiger partial charge in [0.15, 0.2) is 0 Å². The molecule has 1 aliphatic heterocycles. The van der Waals surface area contributed by atoms with Crippen molar-refractivity contribution in [2.45, 2.75) is 19.8 Å². The summed E-state index contributed by atoms with van der Waals surface area (Å²) in [6.45, 7) is 1.94. The molecular formula is C15H15NO4. The smallest absolute Gasteiger partial charge is 0.354 e. The Morgan fingerprint density at radius 3 is 2.20 bits per heavy atom. The van der Waals surface area contributed by atoms with Gasteiger partial charge in [0.1, 0.15) is 5.70 Å². The Balaban J connectivity index is 2.45. The van der Waals surface area contributed by atoms with Crippen LogP contribution in [0, 0.1) is 0 Å². The lowest BCUT2D eigenvalue weighted by molar-refractivity contribution is -0.137. The first-order chi connectivity index (χ1) is 9.61. The first-order valence-electron chi connectivity index (χ1n) is 6.38. The summed E-state index contributed by atoms with van der Waals surface area (Å²) in [4.78, 5) is 37.3. The third-order valence-electron chi connectivity index (χ3n) is 3.06. The van der Waals surface area contributed by atoms with Crippen molar-refractivity contribution in [3.8, 4) is 0 Å². The minimum absolute atomic E-state index is 0.0134. The first-order valence-corrected chi connectivity index (χ1v) is 6.38. The predicted octanol–water partition coefficient (Wildman–Crippen LogP) is 2.14. The number of ether oxygens (including phenoxy) is 1. The van der Waals surface area contributed by atoms with Crippen LogP contribution in [0.5, 0.6) is 0 Å². The molecule has 20 heavy (non-hydrogen) atoms. The van der Waals surface area contributed by atoms with Gasteiger partial charge in [-0.1, -0.05) is 31.6 Å². The number of fused-ring (bicyclic) bond motifs is 1. The Morgan fingerprint density at radius 1 is 1.20 bits per heavy atom. The van der Waals surface area contributed by atoms with Gasteiger partial charge in [0.25, 0.3) is 11.8 Å². The van der Waals surface area contributed by atoms with Gasteiger partial charge in [-0.25, -0.2) is 9.69 Å². The second-order valence-electron chi connectivity index (χ2n) is 4.36. The number of unbranched alkanes of at least 4 members (excludes halogenated alkanes) is 1. The molecule has 104 valence electrons. The standard InChI is InChI=1S/C15H15NO4/c1-3-4-9-12(15(19)20-2)16-13(17)10-7-5-6-8-11(10)14(16)18/h5-9H,3-4H2,1-2H3. The van der Waals surface area contributed by atoms with Crippen molar-refractivity contribution < 1.29 is 19.1 Å². The average Bonchev–Trinajstić information content (AvgIpc) is 2.73. The Hall–Kier alpha value is -2.43. The first kappa shape index (κ1) is 14.0. The fraction of sp³-hybridized carbons (Fsp3) is 0.267. The molecule has 0 aliphatic carbocycles. The maximum Gasteiger partial charge on any atom is 0.354 e. The number of carbonyl (C=O) groups excluding carboxylic acids is 3. The largest absolute Gasteiger partial charge is 0.464 e. The van der Waals surface area contributed by atoms with Crippen molar-refractivity contribution in [2.75, 3.05) is 7.11 Å². The molecule has 1 aromatic rings. The number of benzene rings is 1. The minimum atomic E-state index is -0.687. The number of amides is 2. The van der Waals surface area contributed by atoms with E-state index in [4.69, 9.17) is 0 Å². The van der Waals surface area contributed by atoms with Crippen molar-refractivity contribution in [2.24, 2.45) is 0 Å². The highest BCUT2D eigenvalue weighted by atomic mass is 16.5. The molecule has 2 rings (SSSR count). The number of rotatable bonds is 4. The summed E-state index contributed by atoms with van der Waals surface area (Å²) in [6.07, 6.45) is 2.94. The maximum atomic E-state index is 12.3. The third kappa shape index (κ3) is 2.22. The quantitative estimate of drug-likeness (QED) is 0.479. The maximum absolute atomic E-state index is 12.3. The normalized spacial score (nSPS) is 14.5. The van der Waals surface area contributed by atoms with Gasteiger partial charge in [0.05, 0.1) is 18.2 Å². The lowest BCUT2D eigenvalue weighted by atomic mass is 10.1. The van der Waals surface area contributed by atoms with Gasteiger partial charge >= 0.3 is 5.97 Å². The van der Waals surface area contributed by atoms with Gasteiger partial charge in [-0.15, -0.1) is 0 Å². The van der Waals surface area contributed by atoms with E-state index in [2.05, 4.69) is 4.74 Å². The van der Waals surface area contributed by atoms with E-state index in [0.717, 1.165) is 11.3 Å². The van der Waals surface area contributed by atoms with Crippen molar-refractivity contribution in [3.05, 3.63) is 47.2 Å². The molecule has 0 saturated carbocycles. The monoisotopic (exact) mass is 273 g/mol. The van der Waals surface area contributed by atoms with E-state index in [1.165, 1.54) is 7.11 Å². The van der Waals surface area contributed by atoms with Crippen LogP contribution in [0.25, 0.3) is 0 Å². The van der Waals surface area contributed by atoms with Crippen LogP contribution in [0.4, 0.5) is 0 Å². The minimum Gasteiger partial charge on any atom is -0.464 e. The molecule has 0 radical (unpaired) electrons. The number of allylic oxidation sites excluding steroid dienone is 1. The van der Waals surface area contributed by atoms with Crippen molar-refractivity contribution >= 4 is 17.8 Å². The molecule has 0 bridgehead atoms. The molecule has 1 heterocycles. The molecular weight excluding hydrogens is 258 g/mol. The van der Waals surface area contributed by atoms with E-state index >= 15 is 0 Å². The molecule has 0 atom stereocenters. The lowest BCUT2D eigenvalue weighted by Gasteiger charge is -2.15. The van der Waals surface area contributed by atoms with Crippen molar-refractivity contribution in [1.82, 2.24) is 4.90 Å². The number of nitrogens with zero attached hydrogens (tertiary/aromatic N) is 1. The summed E-state index contributed by atoms with van der Waals surface area (Å²) in [6, 6.07) is 6.51. The molecule has 0 unspecified atom stereocenters. The van der Waals surface area contributed by atoms with Gasteiger partial charge in [-0.05, 0) is 18.6 Å². The molecule has 0 aromatic heterocycles. The average molecular weight is 273 g/mol. The summed E-state index contributed by atoms with van der Waals surface area (Å²) >= 11 is 0. The lowest BCUT2D eigenvalue weighted by Crippen LogP contribution is -2.33. The number of hydrogen-bond acceptors (Lipinski definition) is 4. The molecule has 0 fully saturated rings. The third-order valence-corrected chi connectivity index (χ3v) is 3.06. The fourth-order valence-electron chi connectivity index (χ4n) is 2.06. The zero-order chi connectivity index (χ0) is 14.7. The van der Waals surface area contributed by atoms with Crippen molar-refractivity contribution in [3.63, 3.8) is 0 Å². The van der Waals surface area contributed by atoms with Gasteiger partial charge in [-0.2, -0.15) is 0 Å². The number of carbonyl (C=O) groups is 3. The summed E-state index contributed by atoms with van der Waals surface area (Å²) in [5.74, 6) is -1.66. The van der Waals surface area contributed by atoms with Gasteiger partial charge in [-0.3, -0.25) is 9.59 Å². The second kappa shape index (κ2) is 5.69. The fourth-order valence-corrected chi connectivity index (χ4v) is 2.06. The van der Waals surface area contributed by atoms with E-state index in [9.17, 15) is 14.4 Å². The molecule has 0 N–H and O–H groups in total. The number of esters is 1. The van der Waals surface area contributed by atoms with Crippen LogP contribution in [0.1, 0.15) is 40.5 Å². The molecule has 0 saturated heterocycles. The molecule has 1 aromatic carbocycles. The highest BCUT2D eigenvalue weighted by Crippen LogP contribution is 2.26. The molecule has 5 heteroatoms. The summed E-state index contributed by atoms with van der Waals surface area (Å²) in [5, 5.41) is 0. The zero-order valence-electron chi connectivity index (χ0n) is 11.4. The number of hydrogen-bond donors (Lipinski definition) is 0. The van der Waals surface area contributed by atoms with Crippen LogP contribution >= 0.6 is 0 Å². The summed E-state index contributed by atoms with van der Waals surface area (Å²) in [7, 11) is 1.22. The Labute approximate surface area is 116 Å². The SMILES string of the molecule is CCCC=C(C(=O)OC)N1C(=O)c2ccccc2C1=O. The Bertz CT molecular complexity index is 569. The highest BCUT2D eigenvalue weighted by Gasteiger charge is 2.39. The van der Waals surface area contributed by atoms with E-state index < -0.39 is 17.8 Å². The second-order valence-corrected chi connectivity index (χ2v) is 4.36. The van der Waals surface area contributed by atoms with Gasteiger partial charge in [0, 0.05) is 0 Å². The van der Waals surface area contributed by atoms with Crippen LogP contribution in [-0.4, -0.2) is 29.8 Å². The predicted molar refractivity (Wildman–Crippen MR) is 71.9 cm³/mol. The van der Waals surface area contributed by atoms with E-state index in [0.29, 0.717) is 17.5 Å². The van der Waals surface area contributed by atoms with Gasteiger partial charge < -0.3 is 4.74 Å². The van der Waals surface area contributed by atoms with Crippen LogP contribution in [0.2, 0.25) is 0 Å². The van der Waals surface area contributed by atoms with Crippen LogP contribution in [-0.2, 0) is 9.53 Å². The van der Waals surface area contributed by atoms with Crippen molar-refractivity contribution in [1.29, 1.82) is 0 Å². The number of imide groups is 1. The zero-order valence-corrected chi connectivity index (χ0v) is 11.4. The summed E-state index contributed by atoms with van der Waals surface area (Å²) < 4.78 is 4.66. The molecule has 1 aliphatic rings. The Morgan fingerprint density at radius 2 is 1.75 bits per heavy atom. The van der Waals surface area contributed by atoms with Gasteiger partial charge in [0.2, 0.25) is 0 Å². The van der Waals surface area contributed by atoms with E-state index in [1.807, 2.05) is 6.92 Å². The number of methoxy groups -OCH3 is 1. The van der Waals surface area contributed by atoms with Crippen LogP contribution in [0.3, 0.4) is 0 Å². The van der Waals surface area contributed by atoms with Crippen LogP contribution in [0.15, 0.2) is 36.0 Å². The van der Waals surface area contributed by atoms with E-state index in [1.54, 1.807) is 30.3 Å². The summed E-state index contributed by atoms with van der Waals surface area (Å²) in [5.41, 5.74) is 0.605.